The van der Waals surface area contributed by atoms with E-state index in [1.807, 2.05) is 42.0 Å². The predicted molar refractivity (Wildman–Crippen MR) is 102 cm³/mol. The normalized spacial score (nSPS) is 13.1. The Balaban J connectivity index is 1.56. The number of nitrogens with zero attached hydrogens (tertiary/aromatic N) is 9. The third-order valence-corrected chi connectivity index (χ3v) is 4.86. The number of fused-ring (bicyclic) bond motifs is 1. The standard InChI is InChI=1S/C18H16ClN9/c1-12-20-8-13-9-26(10-16(13)23-12)18-25-24-17(11-27-21-6-7-22-27)28(18)15-4-2-14(19)3-5-15/h2-8H,9-11H2,1H3. The van der Waals surface area contributed by atoms with E-state index in [-0.39, 0.29) is 0 Å². The number of hydrogen-bond donors (Lipinski definition) is 0. The van der Waals surface area contributed by atoms with Crippen LogP contribution in [0.15, 0.2) is 42.9 Å². The summed E-state index contributed by atoms with van der Waals surface area (Å²) in [6, 6.07) is 7.60. The molecular weight excluding hydrogens is 378 g/mol. The van der Waals surface area contributed by atoms with E-state index in [2.05, 4.69) is 35.3 Å². The van der Waals surface area contributed by atoms with Gasteiger partial charge in [-0.25, -0.2) is 9.97 Å². The topological polar surface area (TPSA) is 90.4 Å². The highest BCUT2D eigenvalue weighted by Gasteiger charge is 2.27. The van der Waals surface area contributed by atoms with Gasteiger partial charge in [0, 0.05) is 23.3 Å². The Kier molecular flexibility index (Phi) is 4.01. The quantitative estimate of drug-likeness (QED) is 0.524. The van der Waals surface area contributed by atoms with Crippen molar-refractivity contribution < 1.29 is 0 Å². The van der Waals surface area contributed by atoms with Gasteiger partial charge in [0.25, 0.3) is 0 Å². The van der Waals surface area contributed by atoms with E-state index in [0.717, 1.165) is 34.5 Å². The van der Waals surface area contributed by atoms with E-state index in [0.29, 0.717) is 24.7 Å². The Morgan fingerprint density at radius 1 is 1.04 bits per heavy atom. The number of halogens is 1. The lowest BCUT2D eigenvalue weighted by molar-refractivity contribution is 0.564. The Labute approximate surface area is 165 Å². The van der Waals surface area contributed by atoms with Crippen molar-refractivity contribution in [2.75, 3.05) is 4.90 Å². The van der Waals surface area contributed by atoms with Gasteiger partial charge in [0.2, 0.25) is 5.95 Å². The van der Waals surface area contributed by atoms with Crippen molar-refractivity contribution >= 4 is 17.5 Å². The lowest BCUT2D eigenvalue weighted by Crippen LogP contribution is -2.20. The molecule has 0 bridgehead atoms. The van der Waals surface area contributed by atoms with Crippen LogP contribution in [0.4, 0.5) is 5.95 Å². The fourth-order valence-corrected chi connectivity index (χ4v) is 3.44. The third kappa shape index (κ3) is 2.99. The van der Waals surface area contributed by atoms with Crippen LogP contribution in [-0.4, -0.2) is 39.7 Å². The Hall–Kier alpha value is -3.33. The molecule has 1 aromatic carbocycles. The highest BCUT2D eigenvalue weighted by atomic mass is 35.5. The van der Waals surface area contributed by atoms with Gasteiger partial charge in [0.1, 0.15) is 12.4 Å². The largest absolute Gasteiger partial charge is 0.330 e. The van der Waals surface area contributed by atoms with Crippen LogP contribution in [0.25, 0.3) is 5.69 Å². The summed E-state index contributed by atoms with van der Waals surface area (Å²) in [5.74, 6) is 2.23. The van der Waals surface area contributed by atoms with Crippen LogP contribution in [-0.2, 0) is 19.6 Å². The summed E-state index contributed by atoms with van der Waals surface area (Å²) < 4.78 is 2.01. The molecule has 0 fully saturated rings. The smallest absolute Gasteiger partial charge is 0.232 e. The average molecular weight is 394 g/mol. The van der Waals surface area contributed by atoms with Gasteiger partial charge in [-0.05, 0) is 31.2 Å². The Bertz CT molecular complexity index is 1120. The number of hydrogen-bond acceptors (Lipinski definition) is 7. The fourth-order valence-electron chi connectivity index (χ4n) is 3.32. The molecule has 0 saturated carbocycles. The van der Waals surface area contributed by atoms with Crippen molar-refractivity contribution in [2.24, 2.45) is 0 Å². The molecule has 0 spiro atoms. The van der Waals surface area contributed by atoms with Crippen molar-refractivity contribution in [3.8, 4) is 5.69 Å². The maximum absolute atomic E-state index is 6.08. The maximum Gasteiger partial charge on any atom is 0.232 e. The molecule has 0 aliphatic carbocycles. The molecule has 0 amide bonds. The van der Waals surface area contributed by atoms with Crippen LogP contribution >= 0.6 is 11.6 Å². The monoisotopic (exact) mass is 393 g/mol. The molecule has 0 atom stereocenters. The zero-order valence-electron chi connectivity index (χ0n) is 15.1. The van der Waals surface area contributed by atoms with E-state index in [1.54, 1.807) is 17.2 Å². The van der Waals surface area contributed by atoms with Gasteiger partial charge < -0.3 is 4.90 Å². The zero-order chi connectivity index (χ0) is 19.1. The molecule has 140 valence electrons. The number of anilines is 1. The second kappa shape index (κ2) is 6.68. The van der Waals surface area contributed by atoms with Crippen molar-refractivity contribution in [3.05, 3.63) is 70.8 Å². The summed E-state index contributed by atoms with van der Waals surface area (Å²) in [6.07, 6.45) is 5.17. The van der Waals surface area contributed by atoms with Crippen LogP contribution in [0.5, 0.6) is 0 Å². The van der Waals surface area contributed by atoms with E-state index in [4.69, 9.17) is 11.6 Å². The molecule has 0 N–H and O–H groups in total. The molecule has 0 saturated heterocycles. The Morgan fingerprint density at radius 3 is 2.61 bits per heavy atom. The number of aromatic nitrogens is 8. The van der Waals surface area contributed by atoms with E-state index < -0.39 is 0 Å². The molecule has 5 rings (SSSR count). The lowest BCUT2D eigenvalue weighted by Gasteiger charge is -2.18. The Morgan fingerprint density at radius 2 is 1.82 bits per heavy atom. The molecule has 0 unspecified atom stereocenters. The molecule has 0 radical (unpaired) electrons. The van der Waals surface area contributed by atoms with Crippen molar-refractivity contribution in [1.82, 2.24) is 39.7 Å². The minimum atomic E-state index is 0.405. The van der Waals surface area contributed by atoms with E-state index >= 15 is 0 Å². The van der Waals surface area contributed by atoms with Gasteiger partial charge in [0.05, 0.1) is 30.3 Å². The van der Waals surface area contributed by atoms with Crippen molar-refractivity contribution in [1.29, 1.82) is 0 Å². The highest BCUT2D eigenvalue weighted by Crippen LogP contribution is 2.29. The molecular formula is C18H16ClN9. The third-order valence-electron chi connectivity index (χ3n) is 4.61. The molecule has 1 aliphatic rings. The summed E-state index contributed by atoms with van der Waals surface area (Å²) in [6.45, 7) is 3.64. The summed E-state index contributed by atoms with van der Waals surface area (Å²) >= 11 is 6.08. The SMILES string of the molecule is Cc1ncc2c(n1)CN(c1nnc(Cn3nccn3)n1-c1ccc(Cl)cc1)C2. The minimum Gasteiger partial charge on any atom is -0.330 e. The molecule has 4 heterocycles. The molecule has 9 nitrogen and oxygen atoms in total. The summed E-state index contributed by atoms with van der Waals surface area (Å²) in [4.78, 5) is 12.6. The van der Waals surface area contributed by atoms with Crippen LogP contribution in [0, 0.1) is 6.92 Å². The zero-order valence-corrected chi connectivity index (χ0v) is 15.8. The van der Waals surface area contributed by atoms with Gasteiger partial charge in [-0.3, -0.25) is 4.57 Å². The van der Waals surface area contributed by atoms with E-state index in [9.17, 15) is 0 Å². The van der Waals surface area contributed by atoms with Crippen molar-refractivity contribution in [3.63, 3.8) is 0 Å². The molecule has 4 aromatic rings. The number of aryl methyl sites for hydroxylation is 1. The highest BCUT2D eigenvalue weighted by molar-refractivity contribution is 6.30. The second-order valence-electron chi connectivity index (χ2n) is 6.53. The first-order valence-corrected chi connectivity index (χ1v) is 9.16. The van der Waals surface area contributed by atoms with E-state index in [1.165, 1.54) is 0 Å². The van der Waals surface area contributed by atoms with Crippen LogP contribution in [0.2, 0.25) is 5.02 Å². The van der Waals surface area contributed by atoms with Gasteiger partial charge >= 0.3 is 0 Å². The summed E-state index contributed by atoms with van der Waals surface area (Å²) in [7, 11) is 0. The second-order valence-corrected chi connectivity index (χ2v) is 6.97. The van der Waals surface area contributed by atoms with Crippen molar-refractivity contribution in [2.45, 2.75) is 26.6 Å². The first-order valence-electron chi connectivity index (χ1n) is 8.78. The lowest BCUT2D eigenvalue weighted by atomic mass is 10.3. The first-order chi connectivity index (χ1) is 13.7. The van der Waals surface area contributed by atoms with Gasteiger partial charge in [-0.2, -0.15) is 15.0 Å². The van der Waals surface area contributed by atoms with Gasteiger partial charge in [0.15, 0.2) is 5.82 Å². The maximum atomic E-state index is 6.08. The number of benzene rings is 1. The minimum absolute atomic E-state index is 0.405. The van der Waals surface area contributed by atoms with Crippen LogP contribution in [0.3, 0.4) is 0 Å². The fraction of sp³-hybridized carbons (Fsp3) is 0.222. The summed E-state index contributed by atoms with van der Waals surface area (Å²) in [5, 5.41) is 17.9. The number of rotatable bonds is 4. The molecule has 10 heteroatoms. The first kappa shape index (κ1) is 16.8. The average Bonchev–Trinajstić information content (AvgIpc) is 3.42. The summed E-state index contributed by atoms with van der Waals surface area (Å²) in [5.41, 5.74) is 3.05. The van der Waals surface area contributed by atoms with Crippen LogP contribution in [0.1, 0.15) is 22.9 Å². The van der Waals surface area contributed by atoms with Gasteiger partial charge in [-0.1, -0.05) is 11.6 Å². The molecule has 3 aromatic heterocycles. The molecule has 28 heavy (non-hydrogen) atoms. The predicted octanol–water partition coefficient (Wildman–Crippen LogP) is 2.18. The van der Waals surface area contributed by atoms with Crippen LogP contribution < -0.4 is 4.90 Å². The van der Waals surface area contributed by atoms with Gasteiger partial charge in [-0.15, -0.1) is 10.2 Å². The molecule has 1 aliphatic heterocycles.